The zero-order valence-corrected chi connectivity index (χ0v) is 12.6. The van der Waals surface area contributed by atoms with Gasteiger partial charge in [0.25, 0.3) is 0 Å². The van der Waals surface area contributed by atoms with Gasteiger partial charge in [-0.2, -0.15) is 0 Å². The van der Waals surface area contributed by atoms with Crippen LogP contribution in [0.5, 0.6) is 0 Å². The van der Waals surface area contributed by atoms with Crippen molar-refractivity contribution in [3.8, 4) is 0 Å². The molecule has 0 aliphatic rings. The minimum Gasteiger partial charge on any atom is -0.210 e. The highest BCUT2D eigenvalue weighted by Gasteiger charge is 2.22. The van der Waals surface area contributed by atoms with Crippen LogP contribution in [0.15, 0.2) is 21.7 Å². The smallest absolute Gasteiger partial charge is 0.210 e. The van der Waals surface area contributed by atoms with Gasteiger partial charge in [0.15, 0.2) is 0 Å². The highest BCUT2D eigenvalue weighted by Crippen LogP contribution is 2.22. The Hall–Kier alpha value is 0.0900. The van der Waals surface area contributed by atoms with E-state index in [1.165, 1.54) is 11.3 Å². The molecule has 0 fully saturated rings. The van der Waals surface area contributed by atoms with Crippen molar-refractivity contribution in [1.29, 1.82) is 0 Å². The standard InChI is InChI=1S/C10H16BrNO2S2/c1-10(2,5-6-11)8-12-16(13,14)9-4-3-7-15-9/h3-4,7,12H,5-6,8H2,1-2H3. The molecule has 6 heteroatoms. The predicted molar refractivity (Wildman–Crippen MR) is 71.7 cm³/mol. The number of alkyl halides is 1. The molecule has 0 unspecified atom stereocenters. The van der Waals surface area contributed by atoms with Crippen molar-refractivity contribution in [1.82, 2.24) is 4.72 Å². The SMILES string of the molecule is CC(C)(CCBr)CNS(=O)(=O)c1cccs1. The van der Waals surface area contributed by atoms with Crippen LogP contribution in [0.4, 0.5) is 0 Å². The van der Waals surface area contributed by atoms with E-state index in [0.717, 1.165) is 11.8 Å². The molecule has 1 rings (SSSR count). The summed E-state index contributed by atoms with van der Waals surface area (Å²) in [7, 11) is -3.32. The summed E-state index contributed by atoms with van der Waals surface area (Å²) >= 11 is 4.60. The number of rotatable bonds is 6. The summed E-state index contributed by atoms with van der Waals surface area (Å²) in [5.41, 5.74) is -0.0339. The van der Waals surface area contributed by atoms with E-state index in [0.29, 0.717) is 10.8 Å². The summed E-state index contributed by atoms with van der Waals surface area (Å²) in [6, 6.07) is 3.35. The van der Waals surface area contributed by atoms with Crippen molar-refractivity contribution in [2.24, 2.45) is 5.41 Å². The number of nitrogens with one attached hydrogen (secondary N) is 1. The molecule has 0 amide bonds. The minimum absolute atomic E-state index is 0.0339. The van der Waals surface area contributed by atoms with Gasteiger partial charge in [-0.05, 0) is 23.3 Å². The summed E-state index contributed by atoms with van der Waals surface area (Å²) in [5.74, 6) is 0. The second kappa shape index (κ2) is 5.62. The lowest BCUT2D eigenvalue weighted by Gasteiger charge is -2.23. The molecule has 3 nitrogen and oxygen atoms in total. The lowest BCUT2D eigenvalue weighted by molar-refractivity contribution is 0.354. The highest BCUT2D eigenvalue weighted by molar-refractivity contribution is 9.09. The van der Waals surface area contributed by atoms with Gasteiger partial charge in [0.1, 0.15) is 4.21 Å². The second-order valence-corrected chi connectivity index (χ2v) is 8.09. The number of sulfonamides is 1. The molecule has 0 aromatic carbocycles. The molecule has 0 radical (unpaired) electrons. The van der Waals surface area contributed by atoms with Crippen LogP contribution in [0, 0.1) is 5.41 Å². The van der Waals surface area contributed by atoms with Crippen LogP contribution in [0.2, 0.25) is 0 Å². The summed E-state index contributed by atoms with van der Waals surface area (Å²) < 4.78 is 26.7. The quantitative estimate of drug-likeness (QED) is 0.817. The van der Waals surface area contributed by atoms with Gasteiger partial charge in [-0.3, -0.25) is 0 Å². The molecule has 0 atom stereocenters. The molecule has 92 valence electrons. The normalized spacial score (nSPS) is 12.9. The molecule has 1 aromatic heterocycles. The fourth-order valence-electron chi connectivity index (χ4n) is 1.12. The van der Waals surface area contributed by atoms with E-state index in [-0.39, 0.29) is 5.41 Å². The highest BCUT2D eigenvalue weighted by atomic mass is 79.9. The molecule has 1 heterocycles. The van der Waals surface area contributed by atoms with E-state index >= 15 is 0 Å². The van der Waals surface area contributed by atoms with Crippen LogP contribution in [0.25, 0.3) is 0 Å². The molecule has 0 aliphatic carbocycles. The van der Waals surface area contributed by atoms with Crippen molar-refractivity contribution in [3.63, 3.8) is 0 Å². The lowest BCUT2D eigenvalue weighted by atomic mass is 9.91. The zero-order valence-electron chi connectivity index (χ0n) is 9.36. The summed E-state index contributed by atoms with van der Waals surface area (Å²) in [6.07, 6.45) is 0.931. The van der Waals surface area contributed by atoms with Crippen molar-refractivity contribution in [2.45, 2.75) is 24.5 Å². The Morgan fingerprint density at radius 3 is 2.69 bits per heavy atom. The van der Waals surface area contributed by atoms with Gasteiger partial charge >= 0.3 is 0 Å². The Kier molecular flexibility index (Phi) is 4.97. The fourth-order valence-corrected chi connectivity index (χ4v) is 4.47. The van der Waals surface area contributed by atoms with Crippen molar-refractivity contribution in [3.05, 3.63) is 17.5 Å². The minimum atomic E-state index is -3.32. The van der Waals surface area contributed by atoms with Crippen molar-refractivity contribution < 1.29 is 8.42 Å². The third kappa shape index (κ3) is 4.16. The maximum atomic E-state index is 11.8. The van der Waals surface area contributed by atoms with E-state index in [2.05, 4.69) is 20.7 Å². The molecule has 1 N–H and O–H groups in total. The van der Waals surface area contributed by atoms with Crippen LogP contribution in [-0.4, -0.2) is 20.3 Å². The van der Waals surface area contributed by atoms with Crippen LogP contribution in [0.1, 0.15) is 20.3 Å². The van der Waals surface area contributed by atoms with Gasteiger partial charge in [-0.15, -0.1) is 11.3 Å². The summed E-state index contributed by atoms with van der Waals surface area (Å²) in [6.45, 7) is 4.55. The molecule has 0 spiro atoms. The fraction of sp³-hybridized carbons (Fsp3) is 0.600. The Bertz CT molecular complexity index is 412. The number of hydrogen-bond donors (Lipinski definition) is 1. The van der Waals surface area contributed by atoms with Crippen LogP contribution in [0.3, 0.4) is 0 Å². The van der Waals surface area contributed by atoms with Gasteiger partial charge in [0.05, 0.1) is 0 Å². The zero-order chi connectivity index (χ0) is 12.2. The maximum Gasteiger partial charge on any atom is 0.250 e. The first-order chi connectivity index (χ1) is 7.37. The summed E-state index contributed by atoms with van der Waals surface area (Å²) in [5, 5.41) is 2.64. The molecule has 0 bridgehead atoms. The number of halogens is 1. The molecule has 16 heavy (non-hydrogen) atoms. The predicted octanol–water partition coefficient (Wildman–Crippen LogP) is 2.84. The molecule has 1 aromatic rings. The van der Waals surface area contributed by atoms with Crippen LogP contribution >= 0.6 is 27.3 Å². The van der Waals surface area contributed by atoms with Crippen molar-refractivity contribution in [2.75, 3.05) is 11.9 Å². The van der Waals surface area contributed by atoms with E-state index < -0.39 is 10.0 Å². The van der Waals surface area contributed by atoms with Gasteiger partial charge < -0.3 is 0 Å². The number of hydrogen-bond acceptors (Lipinski definition) is 3. The summed E-state index contributed by atoms with van der Waals surface area (Å²) in [4.78, 5) is 0. The third-order valence-electron chi connectivity index (χ3n) is 2.27. The topological polar surface area (TPSA) is 46.2 Å². The Balaban J connectivity index is 2.62. The number of thiophene rings is 1. The average molecular weight is 326 g/mol. The van der Waals surface area contributed by atoms with Crippen LogP contribution < -0.4 is 4.72 Å². The second-order valence-electron chi connectivity index (χ2n) is 4.36. The monoisotopic (exact) mass is 325 g/mol. The van der Waals surface area contributed by atoms with Crippen molar-refractivity contribution >= 4 is 37.3 Å². The van der Waals surface area contributed by atoms with Gasteiger partial charge in [-0.25, -0.2) is 13.1 Å². The average Bonchev–Trinajstić information content (AvgIpc) is 2.68. The van der Waals surface area contributed by atoms with E-state index in [1.807, 2.05) is 13.8 Å². The first-order valence-electron chi connectivity index (χ1n) is 4.96. The Morgan fingerprint density at radius 2 is 2.19 bits per heavy atom. The first-order valence-corrected chi connectivity index (χ1v) is 8.45. The van der Waals surface area contributed by atoms with Gasteiger partial charge in [0, 0.05) is 11.9 Å². The Labute approximate surface area is 109 Å². The van der Waals surface area contributed by atoms with Crippen LogP contribution in [-0.2, 0) is 10.0 Å². The van der Waals surface area contributed by atoms with E-state index in [1.54, 1.807) is 17.5 Å². The molecule has 0 aliphatic heterocycles. The third-order valence-corrected chi connectivity index (χ3v) is 5.47. The molecule has 0 saturated heterocycles. The Morgan fingerprint density at radius 1 is 1.50 bits per heavy atom. The molecule has 0 saturated carbocycles. The van der Waals surface area contributed by atoms with Gasteiger partial charge in [0.2, 0.25) is 10.0 Å². The van der Waals surface area contributed by atoms with E-state index in [4.69, 9.17) is 0 Å². The molecular weight excluding hydrogens is 310 g/mol. The largest absolute Gasteiger partial charge is 0.250 e. The van der Waals surface area contributed by atoms with E-state index in [9.17, 15) is 8.42 Å². The van der Waals surface area contributed by atoms with Gasteiger partial charge in [-0.1, -0.05) is 35.8 Å². The first kappa shape index (κ1) is 14.2. The molecular formula is C10H16BrNO2S2. The lowest BCUT2D eigenvalue weighted by Crippen LogP contribution is -2.33. The maximum absolute atomic E-state index is 11.8.